The maximum absolute atomic E-state index is 5.45. The Kier molecular flexibility index (Phi) is 1.33. The SMILES string of the molecule is CC1=C=NCCN1N. The number of rotatable bonds is 0. The van der Waals surface area contributed by atoms with Crippen LogP contribution < -0.4 is 5.84 Å². The van der Waals surface area contributed by atoms with Crippen LogP contribution in [0, 0.1) is 0 Å². The number of hydrogen-bond acceptors (Lipinski definition) is 3. The van der Waals surface area contributed by atoms with E-state index in [-0.39, 0.29) is 0 Å². The van der Waals surface area contributed by atoms with Crippen molar-refractivity contribution in [1.29, 1.82) is 0 Å². The van der Waals surface area contributed by atoms with Crippen molar-refractivity contribution in [1.82, 2.24) is 5.01 Å². The predicted molar refractivity (Wildman–Crippen MR) is 32.4 cm³/mol. The van der Waals surface area contributed by atoms with Gasteiger partial charge in [0.1, 0.15) is 0 Å². The fraction of sp³-hybridized carbons (Fsp3) is 0.600. The second-order valence-corrected chi connectivity index (χ2v) is 1.77. The summed E-state index contributed by atoms with van der Waals surface area (Å²) in [5, 5.41) is 1.65. The maximum atomic E-state index is 5.45. The molecule has 0 amide bonds. The van der Waals surface area contributed by atoms with Gasteiger partial charge in [-0.3, -0.25) is 0 Å². The van der Waals surface area contributed by atoms with E-state index in [1.54, 1.807) is 5.01 Å². The van der Waals surface area contributed by atoms with Crippen molar-refractivity contribution in [3.63, 3.8) is 0 Å². The van der Waals surface area contributed by atoms with Crippen molar-refractivity contribution in [2.24, 2.45) is 10.8 Å². The first-order valence-corrected chi connectivity index (χ1v) is 2.59. The van der Waals surface area contributed by atoms with Crippen molar-refractivity contribution in [2.45, 2.75) is 6.92 Å². The van der Waals surface area contributed by atoms with Gasteiger partial charge in [0.05, 0.1) is 18.8 Å². The van der Waals surface area contributed by atoms with E-state index in [2.05, 4.69) is 10.9 Å². The Balaban J connectivity index is 2.75. The molecule has 1 aliphatic rings. The van der Waals surface area contributed by atoms with Gasteiger partial charge in [-0.05, 0) is 6.92 Å². The van der Waals surface area contributed by atoms with Crippen molar-refractivity contribution in [3.05, 3.63) is 5.70 Å². The summed E-state index contributed by atoms with van der Waals surface area (Å²) >= 11 is 0. The molecule has 1 aliphatic heterocycles. The molecule has 2 N–H and O–H groups in total. The molecule has 0 spiro atoms. The molecule has 0 saturated carbocycles. The van der Waals surface area contributed by atoms with Crippen LogP contribution in [-0.2, 0) is 0 Å². The van der Waals surface area contributed by atoms with Gasteiger partial charge in [-0.15, -0.1) is 0 Å². The Morgan fingerprint density at radius 3 is 3.00 bits per heavy atom. The molecular formula is C5H9N3. The highest BCUT2D eigenvalue weighted by Gasteiger charge is 2.00. The minimum Gasteiger partial charge on any atom is -0.304 e. The monoisotopic (exact) mass is 111 g/mol. The lowest BCUT2D eigenvalue weighted by atomic mass is 10.4. The number of nitrogens with zero attached hydrogens (tertiary/aromatic N) is 2. The molecule has 0 aromatic heterocycles. The first kappa shape index (κ1) is 5.35. The Labute approximate surface area is 48.5 Å². The summed E-state index contributed by atoms with van der Waals surface area (Å²) in [6.07, 6.45) is 0. The molecule has 0 fully saturated rings. The van der Waals surface area contributed by atoms with Gasteiger partial charge in [0, 0.05) is 5.87 Å². The summed E-state index contributed by atoms with van der Waals surface area (Å²) in [5.41, 5.74) is 0.913. The van der Waals surface area contributed by atoms with Crippen molar-refractivity contribution >= 4 is 5.87 Å². The Morgan fingerprint density at radius 2 is 2.62 bits per heavy atom. The first-order chi connectivity index (χ1) is 3.80. The van der Waals surface area contributed by atoms with Gasteiger partial charge >= 0.3 is 0 Å². The second-order valence-electron chi connectivity index (χ2n) is 1.77. The molecule has 3 nitrogen and oxygen atoms in total. The summed E-state index contributed by atoms with van der Waals surface area (Å²) in [7, 11) is 0. The standard InChI is InChI=1S/C5H9N3/c1-5-4-7-2-3-8(5)6/h2-3,6H2,1H3. The lowest BCUT2D eigenvalue weighted by Gasteiger charge is -2.17. The lowest BCUT2D eigenvalue weighted by molar-refractivity contribution is 0.369. The molecule has 0 atom stereocenters. The molecule has 0 unspecified atom stereocenters. The molecule has 0 radical (unpaired) electrons. The van der Waals surface area contributed by atoms with E-state index in [0.717, 1.165) is 18.8 Å². The van der Waals surface area contributed by atoms with E-state index in [0.29, 0.717) is 0 Å². The van der Waals surface area contributed by atoms with Crippen LogP contribution in [-0.4, -0.2) is 24.0 Å². The zero-order chi connectivity index (χ0) is 5.98. The average molecular weight is 111 g/mol. The van der Waals surface area contributed by atoms with Crippen LogP contribution in [0.3, 0.4) is 0 Å². The maximum Gasteiger partial charge on any atom is 0.0867 e. The summed E-state index contributed by atoms with van der Waals surface area (Å²) in [5.74, 6) is 8.23. The number of nitrogens with two attached hydrogens (primary N) is 1. The highest BCUT2D eigenvalue weighted by atomic mass is 15.4. The highest BCUT2D eigenvalue weighted by molar-refractivity contribution is 5.56. The van der Waals surface area contributed by atoms with E-state index >= 15 is 0 Å². The number of aliphatic imine (C=N–C) groups is 1. The van der Waals surface area contributed by atoms with Crippen molar-refractivity contribution in [3.8, 4) is 0 Å². The van der Waals surface area contributed by atoms with Gasteiger partial charge in [0.25, 0.3) is 0 Å². The third-order valence-electron chi connectivity index (χ3n) is 1.12. The van der Waals surface area contributed by atoms with Gasteiger partial charge in [0.15, 0.2) is 0 Å². The molecule has 0 aromatic carbocycles. The fourth-order valence-electron chi connectivity index (χ4n) is 0.560. The minimum absolute atomic E-state index is 0.772. The van der Waals surface area contributed by atoms with Crippen LogP contribution in [0.5, 0.6) is 0 Å². The molecule has 0 bridgehead atoms. The van der Waals surface area contributed by atoms with Gasteiger partial charge in [0.2, 0.25) is 0 Å². The van der Waals surface area contributed by atoms with Crippen LogP contribution >= 0.6 is 0 Å². The van der Waals surface area contributed by atoms with Crippen LogP contribution in [0.2, 0.25) is 0 Å². The summed E-state index contributed by atoms with van der Waals surface area (Å²) in [4.78, 5) is 3.90. The quantitative estimate of drug-likeness (QED) is 0.438. The molecular weight excluding hydrogens is 102 g/mol. The van der Waals surface area contributed by atoms with Gasteiger partial charge in [-0.2, -0.15) is 0 Å². The van der Waals surface area contributed by atoms with Crippen LogP contribution in [0.25, 0.3) is 0 Å². The predicted octanol–water partition coefficient (Wildman–Crippen LogP) is -0.251. The van der Waals surface area contributed by atoms with E-state index in [1.165, 1.54) is 0 Å². The summed E-state index contributed by atoms with van der Waals surface area (Å²) in [6.45, 7) is 3.48. The fourth-order valence-corrected chi connectivity index (χ4v) is 0.560. The first-order valence-electron chi connectivity index (χ1n) is 2.59. The summed E-state index contributed by atoms with van der Waals surface area (Å²) in [6, 6.07) is 0. The number of hydrogen-bond donors (Lipinski definition) is 1. The highest BCUT2D eigenvalue weighted by Crippen LogP contribution is 1.93. The number of hydrazine groups is 1. The van der Waals surface area contributed by atoms with Crippen LogP contribution in [0.15, 0.2) is 10.7 Å². The van der Waals surface area contributed by atoms with E-state index in [4.69, 9.17) is 5.84 Å². The summed E-state index contributed by atoms with van der Waals surface area (Å²) < 4.78 is 0. The third kappa shape index (κ3) is 0.886. The van der Waals surface area contributed by atoms with E-state index in [9.17, 15) is 0 Å². The van der Waals surface area contributed by atoms with Crippen molar-refractivity contribution < 1.29 is 0 Å². The molecule has 1 heterocycles. The van der Waals surface area contributed by atoms with Crippen LogP contribution in [0.1, 0.15) is 6.92 Å². The lowest BCUT2D eigenvalue weighted by Crippen LogP contribution is -2.33. The number of allylic oxidation sites excluding steroid dienone is 1. The van der Waals surface area contributed by atoms with Gasteiger partial charge in [-0.25, -0.2) is 10.8 Å². The van der Waals surface area contributed by atoms with E-state index < -0.39 is 0 Å². The molecule has 0 saturated heterocycles. The van der Waals surface area contributed by atoms with Gasteiger partial charge in [-0.1, -0.05) is 0 Å². The van der Waals surface area contributed by atoms with E-state index in [1.807, 2.05) is 6.92 Å². The van der Waals surface area contributed by atoms with Crippen molar-refractivity contribution in [2.75, 3.05) is 13.1 Å². The van der Waals surface area contributed by atoms with Gasteiger partial charge < -0.3 is 5.01 Å². The molecule has 1 rings (SSSR count). The van der Waals surface area contributed by atoms with Crippen LogP contribution in [0.4, 0.5) is 0 Å². The molecule has 0 aliphatic carbocycles. The second kappa shape index (κ2) is 1.99. The zero-order valence-electron chi connectivity index (χ0n) is 4.89. The Bertz CT molecular complexity index is 144. The minimum atomic E-state index is 0.772. The Morgan fingerprint density at radius 1 is 1.88 bits per heavy atom. The molecule has 44 valence electrons. The average Bonchev–Trinajstić information content (AvgIpc) is 1.77. The molecule has 3 heteroatoms. The third-order valence-corrected chi connectivity index (χ3v) is 1.12. The smallest absolute Gasteiger partial charge is 0.0867 e. The normalized spacial score (nSPS) is 18.8. The zero-order valence-corrected chi connectivity index (χ0v) is 4.89. The molecule has 0 aromatic rings. The topological polar surface area (TPSA) is 41.6 Å². The molecule has 8 heavy (non-hydrogen) atoms. The largest absolute Gasteiger partial charge is 0.304 e. The Hall–Kier alpha value is -0.790.